The summed E-state index contributed by atoms with van der Waals surface area (Å²) < 4.78 is 0. The molecule has 0 amide bonds. The lowest BCUT2D eigenvalue weighted by Crippen LogP contribution is -2.19. The first-order valence-electron chi connectivity index (χ1n) is 6.06. The van der Waals surface area contributed by atoms with Crippen LogP contribution in [-0.4, -0.2) is 10.2 Å². The van der Waals surface area contributed by atoms with Gasteiger partial charge in [0.1, 0.15) is 0 Å². The van der Waals surface area contributed by atoms with Gasteiger partial charge in [-0.2, -0.15) is 0 Å². The van der Waals surface area contributed by atoms with Gasteiger partial charge in [0.15, 0.2) is 5.11 Å². The summed E-state index contributed by atoms with van der Waals surface area (Å²) in [6, 6.07) is 17.3. The van der Waals surface area contributed by atoms with E-state index in [2.05, 4.69) is 10.6 Å². The van der Waals surface area contributed by atoms with Crippen LogP contribution in [0.15, 0.2) is 54.6 Å². The van der Waals surface area contributed by atoms with E-state index in [1.807, 2.05) is 54.6 Å². The molecule has 0 unspecified atom stereocenters. The van der Waals surface area contributed by atoms with Crippen molar-refractivity contribution < 1.29 is 5.11 Å². The number of aliphatic hydroxyl groups is 1. The molecule has 98 valence electrons. The van der Waals surface area contributed by atoms with Crippen LogP contribution in [0, 0.1) is 0 Å². The minimum atomic E-state index is -0.489. The average Bonchev–Trinajstić information content (AvgIpc) is 2.40. The van der Waals surface area contributed by atoms with Crippen LogP contribution >= 0.6 is 12.2 Å². The molecule has 0 spiro atoms. The molecule has 0 saturated heterocycles. The summed E-state index contributed by atoms with van der Waals surface area (Å²) in [7, 11) is 0. The monoisotopic (exact) mass is 272 g/mol. The highest BCUT2D eigenvalue weighted by Crippen LogP contribution is 2.17. The van der Waals surface area contributed by atoms with Crippen molar-refractivity contribution in [2.75, 3.05) is 10.6 Å². The third kappa shape index (κ3) is 4.05. The topological polar surface area (TPSA) is 44.3 Å². The molecular weight excluding hydrogens is 256 g/mol. The zero-order valence-electron chi connectivity index (χ0n) is 10.6. The number of aliphatic hydroxyl groups excluding tert-OH is 1. The highest BCUT2D eigenvalue weighted by atomic mass is 32.1. The molecule has 2 aromatic rings. The molecule has 0 aliphatic heterocycles. The molecule has 0 bridgehead atoms. The van der Waals surface area contributed by atoms with Crippen LogP contribution in [-0.2, 0) is 0 Å². The maximum absolute atomic E-state index is 9.54. The maximum atomic E-state index is 9.54. The second-order valence-corrected chi connectivity index (χ2v) is 4.65. The molecule has 0 aromatic heterocycles. The minimum absolute atomic E-state index is 0.489. The van der Waals surface area contributed by atoms with Crippen LogP contribution < -0.4 is 10.6 Å². The van der Waals surface area contributed by atoms with Crippen molar-refractivity contribution in [3.05, 3.63) is 60.2 Å². The van der Waals surface area contributed by atoms with Crippen LogP contribution in [0.4, 0.5) is 11.4 Å². The predicted octanol–water partition coefficient (Wildman–Crippen LogP) is 3.55. The summed E-state index contributed by atoms with van der Waals surface area (Å²) >= 11 is 5.24. The quantitative estimate of drug-likeness (QED) is 0.748. The zero-order chi connectivity index (χ0) is 13.7. The van der Waals surface area contributed by atoms with Gasteiger partial charge in [0.2, 0.25) is 0 Å². The number of nitrogens with one attached hydrogen (secondary N) is 2. The summed E-state index contributed by atoms with van der Waals surface area (Å²) in [5, 5.41) is 16.3. The van der Waals surface area contributed by atoms with E-state index in [1.165, 1.54) is 0 Å². The van der Waals surface area contributed by atoms with E-state index < -0.39 is 6.10 Å². The molecule has 2 aromatic carbocycles. The van der Waals surface area contributed by atoms with Gasteiger partial charge in [-0.25, -0.2) is 0 Å². The molecule has 2 rings (SSSR count). The Labute approximate surface area is 118 Å². The van der Waals surface area contributed by atoms with Gasteiger partial charge in [-0.05, 0) is 49.0 Å². The molecule has 0 saturated carbocycles. The second-order valence-electron chi connectivity index (χ2n) is 4.25. The van der Waals surface area contributed by atoms with E-state index in [9.17, 15) is 5.11 Å². The van der Waals surface area contributed by atoms with E-state index in [4.69, 9.17) is 12.2 Å². The average molecular weight is 272 g/mol. The van der Waals surface area contributed by atoms with Gasteiger partial charge in [-0.3, -0.25) is 0 Å². The van der Waals surface area contributed by atoms with E-state index in [-0.39, 0.29) is 0 Å². The second kappa shape index (κ2) is 6.31. The third-order valence-electron chi connectivity index (χ3n) is 2.66. The van der Waals surface area contributed by atoms with Crippen LogP contribution in [0.25, 0.3) is 0 Å². The molecule has 4 heteroatoms. The first-order valence-corrected chi connectivity index (χ1v) is 6.47. The van der Waals surface area contributed by atoms with Gasteiger partial charge < -0.3 is 15.7 Å². The molecule has 1 atom stereocenters. The normalized spacial score (nSPS) is 11.7. The molecule has 0 aliphatic rings. The first kappa shape index (κ1) is 13.5. The number of hydrogen-bond acceptors (Lipinski definition) is 2. The fourth-order valence-electron chi connectivity index (χ4n) is 1.69. The molecule has 0 heterocycles. The zero-order valence-corrected chi connectivity index (χ0v) is 11.4. The van der Waals surface area contributed by atoms with Crippen LogP contribution in [0.3, 0.4) is 0 Å². The number of thiocarbonyl (C=S) groups is 1. The Bertz CT molecular complexity index is 555. The Balaban J connectivity index is 2.01. The highest BCUT2D eigenvalue weighted by Gasteiger charge is 2.03. The van der Waals surface area contributed by atoms with Crippen molar-refractivity contribution in [1.29, 1.82) is 0 Å². The summed E-state index contributed by atoms with van der Waals surface area (Å²) in [4.78, 5) is 0. The van der Waals surface area contributed by atoms with Crippen LogP contribution in [0.2, 0.25) is 0 Å². The van der Waals surface area contributed by atoms with Gasteiger partial charge in [-0.1, -0.05) is 30.3 Å². The SMILES string of the molecule is C[C@@H](O)c1cccc(NC(=S)Nc2ccccc2)c1. The Morgan fingerprint density at radius 2 is 1.63 bits per heavy atom. The van der Waals surface area contributed by atoms with Crippen LogP contribution in [0.5, 0.6) is 0 Å². The summed E-state index contributed by atoms with van der Waals surface area (Å²) in [5.74, 6) is 0. The fourth-order valence-corrected chi connectivity index (χ4v) is 1.93. The maximum Gasteiger partial charge on any atom is 0.175 e. The van der Waals surface area contributed by atoms with Gasteiger partial charge in [0.25, 0.3) is 0 Å². The van der Waals surface area contributed by atoms with Crippen molar-refractivity contribution in [1.82, 2.24) is 0 Å². The summed E-state index contributed by atoms with van der Waals surface area (Å²) in [6.45, 7) is 1.74. The molecule has 3 N–H and O–H groups in total. The van der Waals surface area contributed by atoms with Crippen molar-refractivity contribution in [3.63, 3.8) is 0 Å². The summed E-state index contributed by atoms with van der Waals surface area (Å²) in [5.41, 5.74) is 2.64. The highest BCUT2D eigenvalue weighted by molar-refractivity contribution is 7.80. The third-order valence-corrected chi connectivity index (χ3v) is 2.86. The lowest BCUT2D eigenvalue weighted by Gasteiger charge is -2.12. The Morgan fingerprint density at radius 1 is 1.00 bits per heavy atom. The van der Waals surface area contributed by atoms with E-state index in [0.29, 0.717) is 5.11 Å². The molecule has 3 nitrogen and oxygen atoms in total. The van der Waals surface area contributed by atoms with Crippen molar-refractivity contribution >= 4 is 28.7 Å². The van der Waals surface area contributed by atoms with Gasteiger partial charge in [-0.15, -0.1) is 0 Å². The summed E-state index contributed by atoms with van der Waals surface area (Å²) in [6.07, 6.45) is -0.489. The van der Waals surface area contributed by atoms with E-state index >= 15 is 0 Å². The number of hydrogen-bond donors (Lipinski definition) is 3. The van der Waals surface area contributed by atoms with Crippen LogP contribution in [0.1, 0.15) is 18.6 Å². The predicted molar refractivity (Wildman–Crippen MR) is 83.4 cm³/mol. The fraction of sp³-hybridized carbons (Fsp3) is 0.133. The van der Waals surface area contributed by atoms with Crippen molar-refractivity contribution in [2.45, 2.75) is 13.0 Å². The van der Waals surface area contributed by atoms with Gasteiger partial charge >= 0.3 is 0 Å². The number of para-hydroxylation sites is 1. The number of rotatable bonds is 3. The molecule has 0 radical (unpaired) electrons. The molecule has 0 aliphatic carbocycles. The molecule has 19 heavy (non-hydrogen) atoms. The molecular formula is C15H16N2OS. The Hall–Kier alpha value is -1.91. The lowest BCUT2D eigenvalue weighted by atomic mass is 10.1. The van der Waals surface area contributed by atoms with Gasteiger partial charge in [0, 0.05) is 11.4 Å². The number of anilines is 2. The minimum Gasteiger partial charge on any atom is -0.389 e. The first-order chi connectivity index (χ1) is 9.15. The van der Waals surface area contributed by atoms with Crippen molar-refractivity contribution in [3.8, 4) is 0 Å². The standard InChI is InChI=1S/C15H16N2OS/c1-11(18)12-6-5-9-14(10-12)17-15(19)16-13-7-3-2-4-8-13/h2-11,18H,1H3,(H2,16,17,19)/t11-/m1/s1. The Kier molecular flexibility index (Phi) is 4.49. The van der Waals surface area contributed by atoms with Gasteiger partial charge in [0.05, 0.1) is 6.10 Å². The smallest absolute Gasteiger partial charge is 0.175 e. The lowest BCUT2D eigenvalue weighted by molar-refractivity contribution is 0.199. The number of benzene rings is 2. The Morgan fingerprint density at radius 3 is 2.32 bits per heavy atom. The molecule has 0 fully saturated rings. The van der Waals surface area contributed by atoms with E-state index in [0.717, 1.165) is 16.9 Å². The van der Waals surface area contributed by atoms with Crippen molar-refractivity contribution in [2.24, 2.45) is 0 Å². The van der Waals surface area contributed by atoms with E-state index in [1.54, 1.807) is 6.92 Å². The largest absolute Gasteiger partial charge is 0.389 e.